The fourth-order valence-electron chi connectivity index (χ4n) is 3.40. The summed E-state index contributed by atoms with van der Waals surface area (Å²) in [5.41, 5.74) is 2.33. The molecule has 3 aromatic rings. The second-order valence-corrected chi connectivity index (χ2v) is 6.89. The molecule has 0 bridgehead atoms. The molecule has 4 rings (SSSR count). The summed E-state index contributed by atoms with van der Waals surface area (Å²) in [7, 11) is 1.64. The highest BCUT2D eigenvalue weighted by Gasteiger charge is 2.33. The number of rotatable bonds is 7. The van der Waals surface area contributed by atoms with Gasteiger partial charge in [0.15, 0.2) is 5.58 Å². The smallest absolute Gasteiger partial charge is 0.419 e. The normalized spacial score (nSPS) is 14.9. The zero-order valence-corrected chi connectivity index (χ0v) is 15.2. The number of fused-ring (bicyclic) bond motifs is 1. The number of carbonyl (C=O) groups excluding carboxylic acids is 1. The number of ether oxygens (including phenoxy) is 1. The molecule has 1 amide bonds. The van der Waals surface area contributed by atoms with Gasteiger partial charge in [-0.15, -0.1) is 0 Å². The Labute approximate surface area is 156 Å². The molecular weight excluding hydrogens is 344 g/mol. The lowest BCUT2D eigenvalue weighted by Crippen LogP contribution is -2.31. The van der Waals surface area contributed by atoms with Crippen LogP contribution in [0.4, 0.5) is 0 Å². The van der Waals surface area contributed by atoms with E-state index >= 15 is 0 Å². The van der Waals surface area contributed by atoms with E-state index < -0.39 is 5.76 Å². The summed E-state index contributed by atoms with van der Waals surface area (Å²) in [6.45, 7) is 0.293. The molecule has 1 N–H and O–H groups in total. The SMILES string of the molecule is COc1ccc(C(NC(=O)CCn2c(=O)oc3ccccc32)C2CC2)cc1. The number of para-hydroxylation sites is 2. The molecule has 1 saturated carbocycles. The monoisotopic (exact) mass is 366 g/mol. The lowest BCUT2D eigenvalue weighted by Gasteiger charge is -2.19. The first-order chi connectivity index (χ1) is 13.2. The molecule has 140 valence electrons. The Morgan fingerprint density at radius 3 is 2.67 bits per heavy atom. The molecule has 2 aromatic carbocycles. The number of methoxy groups -OCH3 is 1. The zero-order valence-electron chi connectivity index (χ0n) is 15.2. The zero-order chi connectivity index (χ0) is 18.8. The van der Waals surface area contributed by atoms with Gasteiger partial charge < -0.3 is 14.5 Å². The van der Waals surface area contributed by atoms with Crippen LogP contribution in [0.2, 0.25) is 0 Å². The molecule has 6 nitrogen and oxygen atoms in total. The van der Waals surface area contributed by atoms with Crippen LogP contribution in [-0.4, -0.2) is 17.6 Å². The van der Waals surface area contributed by atoms with Gasteiger partial charge in [-0.05, 0) is 48.6 Å². The lowest BCUT2D eigenvalue weighted by atomic mass is 10.0. The number of oxazole rings is 1. The van der Waals surface area contributed by atoms with E-state index in [0.717, 1.165) is 24.2 Å². The maximum absolute atomic E-state index is 12.5. The van der Waals surface area contributed by atoms with Crippen molar-refractivity contribution < 1.29 is 13.9 Å². The standard InChI is InChI=1S/C21H22N2O4/c1-26-16-10-8-15(9-11-16)20(14-6-7-14)22-19(24)12-13-23-17-4-2-3-5-18(17)27-21(23)25/h2-5,8-11,14,20H,6-7,12-13H2,1H3,(H,22,24). The quantitative estimate of drug-likeness (QED) is 0.697. The summed E-state index contributed by atoms with van der Waals surface area (Å²) in [5, 5.41) is 3.14. The molecule has 1 fully saturated rings. The van der Waals surface area contributed by atoms with E-state index in [-0.39, 0.29) is 18.4 Å². The van der Waals surface area contributed by atoms with Gasteiger partial charge in [-0.25, -0.2) is 4.79 Å². The second kappa shape index (κ2) is 7.31. The predicted octanol–water partition coefficient (Wildman–Crippen LogP) is 3.26. The Hall–Kier alpha value is -3.02. The van der Waals surface area contributed by atoms with E-state index in [1.807, 2.05) is 42.5 Å². The van der Waals surface area contributed by atoms with Gasteiger partial charge in [0.25, 0.3) is 0 Å². The minimum absolute atomic E-state index is 0.00113. The number of aryl methyl sites for hydroxylation is 1. The fraction of sp³-hybridized carbons (Fsp3) is 0.333. The Bertz CT molecular complexity index is 999. The molecule has 1 aromatic heterocycles. The number of nitrogens with one attached hydrogen (secondary N) is 1. The summed E-state index contributed by atoms with van der Waals surface area (Å²) >= 11 is 0. The first-order valence-corrected chi connectivity index (χ1v) is 9.17. The van der Waals surface area contributed by atoms with Crippen molar-refractivity contribution in [2.75, 3.05) is 7.11 Å². The van der Waals surface area contributed by atoms with E-state index in [4.69, 9.17) is 9.15 Å². The minimum Gasteiger partial charge on any atom is -0.497 e. The molecule has 1 heterocycles. The van der Waals surface area contributed by atoms with Crippen LogP contribution < -0.4 is 15.8 Å². The van der Waals surface area contributed by atoms with Gasteiger partial charge in [-0.2, -0.15) is 0 Å². The van der Waals surface area contributed by atoms with Gasteiger partial charge >= 0.3 is 5.76 Å². The van der Waals surface area contributed by atoms with E-state index in [1.54, 1.807) is 13.2 Å². The van der Waals surface area contributed by atoms with Crippen molar-refractivity contribution in [3.05, 3.63) is 64.6 Å². The van der Waals surface area contributed by atoms with E-state index in [0.29, 0.717) is 23.6 Å². The van der Waals surface area contributed by atoms with Crippen LogP contribution in [-0.2, 0) is 11.3 Å². The Morgan fingerprint density at radius 2 is 1.96 bits per heavy atom. The lowest BCUT2D eigenvalue weighted by molar-refractivity contribution is -0.122. The van der Waals surface area contributed by atoms with Gasteiger partial charge in [0.2, 0.25) is 5.91 Å². The maximum atomic E-state index is 12.5. The molecule has 0 radical (unpaired) electrons. The molecule has 6 heteroatoms. The number of hydrogen-bond donors (Lipinski definition) is 1. The first kappa shape index (κ1) is 17.4. The van der Waals surface area contributed by atoms with Crippen LogP contribution in [0.15, 0.2) is 57.7 Å². The summed E-state index contributed by atoms with van der Waals surface area (Å²) < 4.78 is 11.9. The third kappa shape index (κ3) is 3.74. The summed E-state index contributed by atoms with van der Waals surface area (Å²) in [4.78, 5) is 24.6. The van der Waals surface area contributed by atoms with Crippen LogP contribution >= 0.6 is 0 Å². The summed E-state index contributed by atoms with van der Waals surface area (Å²) in [6.07, 6.45) is 2.45. The van der Waals surface area contributed by atoms with Crippen molar-refractivity contribution in [1.82, 2.24) is 9.88 Å². The Morgan fingerprint density at radius 1 is 1.22 bits per heavy atom. The largest absolute Gasteiger partial charge is 0.497 e. The average Bonchev–Trinajstić information content (AvgIpc) is 3.48. The van der Waals surface area contributed by atoms with Gasteiger partial charge in [0.05, 0.1) is 18.7 Å². The molecule has 27 heavy (non-hydrogen) atoms. The Kier molecular flexibility index (Phi) is 4.71. The van der Waals surface area contributed by atoms with Crippen molar-refractivity contribution in [2.24, 2.45) is 5.92 Å². The predicted molar refractivity (Wildman–Crippen MR) is 102 cm³/mol. The number of carbonyl (C=O) groups is 1. The fourth-order valence-corrected chi connectivity index (χ4v) is 3.40. The maximum Gasteiger partial charge on any atom is 0.419 e. The second-order valence-electron chi connectivity index (χ2n) is 6.89. The molecular formula is C21H22N2O4. The van der Waals surface area contributed by atoms with Gasteiger partial charge in [-0.3, -0.25) is 9.36 Å². The highest BCUT2D eigenvalue weighted by Crippen LogP contribution is 2.41. The van der Waals surface area contributed by atoms with Crippen molar-refractivity contribution >= 4 is 17.0 Å². The third-order valence-corrected chi connectivity index (χ3v) is 5.02. The molecule has 1 aliphatic rings. The van der Waals surface area contributed by atoms with E-state index in [9.17, 15) is 9.59 Å². The molecule has 1 unspecified atom stereocenters. The van der Waals surface area contributed by atoms with Crippen LogP contribution in [0.3, 0.4) is 0 Å². The van der Waals surface area contributed by atoms with Crippen molar-refractivity contribution in [1.29, 1.82) is 0 Å². The topological polar surface area (TPSA) is 73.5 Å². The van der Waals surface area contributed by atoms with Crippen molar-refractivity contribution in [2.45, 2.75) is 31.8 Å². The number of nitrogens with zero attached hydrogens (tertiary/aromatic N) is 1. The highest BCUT2D eigenvalue weighted by atomic mass is 16.5. The van der Waals surface area contributed by atoms with Gasteiger partial charge in [-0.1, -0.05) is 24.3 Å². The van der Waals surface area contributed by atoms with Crippen LogP contribution in [0.25, 0.3) is 11.1 Å². The van der Waals surface area contributed by atoms with Gasteiger partial charge in [0, 0.05) is 13.0 Å². The summed E-state index contributed by atoms with van der Waals surface area (Å²) in [5.74, 6) is 0.767. The average molecular weight is 366 g/mol. The molecule has 0 aliphatic heterocycles. The number of amides is 1. The van der Waals surface area contributed by atoms with E-state index in [2.05, 4.69) is 5.32 Å². The molecule has 1 atom stereocenters. The van der Waals surface area contributed by atoms with Crippen molar-refractivity contribution in [3.8, 4) is 5.75 Å². The van der Waals surface area contributed by atoms with Crippen LogP contribution in [0.5, 0.6) is 5.75 Å². The minimum atomic E-state index is -0.433. The van der Waals surface area contributed by atoms with Crippen LogP contribution in [0.1, 0.15) is 30.9 Å². The molecule has 0 spiro atoms. The Balaban J connectivity index is 1.44. The van der Waals surface area contributed by atoms with Crippen molar-refractivity contribution in [3.63, 3.8) is 0 Å². The van der Waals surface area contributed by atoms with E-state index in [1.165, 1.54) is 4.57 Å². The summed E-state index contributed by atoms with van der Waals surface area (Å²) in [6, 6.07) is 15.1. The van der Waals surface area contributed by atoms with Crippen LogP contribution in [0, 0.1) is 5.92 Å². The number of aromatic nitrogens is 1. The number of hydrogen-bond acceptors (Lipinski definition) is 4. The molecule has 0 saturated heterocycles. The first-order valence-electron chi connectivity index (χ1n) is 9.17. The van der Waals surface area contributed by atoms with Gasteiger partial charge in [0.1, 0.15) is 5.75 Å². The highest BCUT2D eigenvalue weighted by molar-refractivity contribution is 5.77. The third-order valence-electron chi connectivity index (χ3n) is 5.02. The number of benzene rings is 2. The molecule has 1 aliphatic carbocycles.